The quantitative estimate of drug-likeness (QED) is 0.324. The van der Waals surface area contributed by atoms with Crippen molar-refractivity contribution in [3.8, 4) is 11.5 Å². The van der Waals surface area contributed by atoms with Gasteiger partial charge in [-0.2, -0.15) is 0 Å². The van der Waals surface area contributed by atoms with E-state index in [2.05, 4.69) is 5.32 Å². The first kappa shape index (κ1) is 31.7. The van der Waals surface area contributed by atoms with Crippen molar-refractivity contribution < 1.29 is 43.6 Å². The number of hydrogen-bond donors (Lipinski definition) is 3. The molecule has 0 fully saturated rings. The highest BCUT2D eigenvalue weighted by Crippen LogP contribution is 2.34. The molecule has 3 rings (SSSR count). The van der Waals surface area contributed by atoms with Gasteiger partial charge in [-0.25, -0.2) is 14.4 Å². The second-order valence-corrected chi connectivity index (χ2v) is 11.9. The Morgan fingerprint density at radius 2 is 1.76 bits per heavy atom. The SMILES string of the molecule is CCC(CC)(Oc1ccc(CCNC(=O)c2cc3c(s2)CCN(C(=O)OC(C)(C)C)C3)cc1OCC(=O)O)C(=O)O. The zero-order chi connectivity index (χ0) is 30.4. The van der Waals surface area contributed by atoms with Crippen LogP contribution in [0.2, 0.25) is 0 Å². The summed E-state index contributed by atoms with van der Waals surface area (Å²) < 4.78 is 16.7. The number of ether oxygens (including phenoxy) is 3. The van der Waals surface area contributed by atoms with E-state index >= 15 is 0 Å². The smallest absolute Gasteiger partial charge is 0.410 e. The summed E-state index contributed by atoms with van der Waals surface area (Å²) in [6.07, 6.45) is 1.10. The number of nitrogens with one attached hydrogen (secondary N) is 1. The average molecular weight is 591 g/mol. The minimum Gasteiger partial charge on any atom is -0.479 e. The molecule has 0 aliphatic carbocycles. The van der Waals surface area contributed by atoms with Crippen LogP contribution in [0.5, 0.6) is 11.5 Å². The molecule has 0 spiro atoms. The maximum atomic E-state index is 12.9. The molecule has 0 saturated carbocycles. The monoisotopic (exact) mass is 590 g/mol. The van der Waals surface area contributed by atoms with Crippen LogP contribution in [0, 0.1) is 0 Å². The van der Waals surface area contributed by atoms with Crippen LogP contribution < -0.4 is 14.8 Å². The summed E-state index contributed by atoms with van der Waals surface area (Å²) in [5, 5.41) is 21.7. The number of carboxylic acid groups (broad SMARTS) is 2. The van der Waals surface area contributed by atoms with Crippen molar-refractivity contribution in [2.75, 3.05) is 19.7 Å². The van der Waals surface area contributed by atoms with Gasteiger partial charge in [0.15, 0.2) is 18.1 Å². The molecule has 12 heteroatoms. The third kappa shape index (κ3) is 8.35. The van der Waals surface area contributed by atoms with Gasteiger partial charge in [-0.1, -0.05) is 19.9 Å². The Morgan fingerprint density at radius 1 is 1.05 bits per heavy atom. The topological polar surface area (TPSA) is 152 Å². The highest BCUT2D eigenvalue weighted by atomic mass is 32.1. The van der Waals surface area contributed by atoms with Gasteiger partial charge in [-0.3, -0.25) is 4.79 Å². The van der Waals surface area contributed by atoms with Crippen molar-refractivity contribution >= 4 is 35.3 Å². The van der Waals surface area contributed by atoms with Gasteiger partial charge < -0.3 is 34.6 Å². The van der Waals surface area contributed by atoms with E-state index in [1.54, 1.807) is 36.9 Å². The molecule has 0 radical (unpaired) electrons. The highest BCUT2D eigenvalue weighted by Gasteiger charge is 2.38. The number of amides is 2. The molecule has 1 aliphatic rings. The third-order valence-corrected chi connectivity index (χ3v) is 7.87. The number of aliphatic carboxylic acids is 2. The first-order chi connectivity index (χ1) is 19.3. The molecule has 0 saturated heterocycles. The number of carboxylic acids is 2. The fraction of sp³-hybridized carbons (Fsp3) is 0.517. The number of benzene rings is 1. The predicted molar refractivity (Wildman–Crippen MR) is 152 cm³/mol. The molecule has 224 valence electrons. The van der Waals surface area contributed by atoms with Gasteiger partial charge in [-0.15, -0.1) is 11.3 Å². The number of fused-ring (bicyclic) bond motifs is 1. The van der Waals surface area contributed by atoms with Gasteiger partial charge in [-0.05, 0) is 75.8 Å². The average Bonchev–Trinajstić information content (AvgIpc) is 3.34. The van der Waals surface area contributed by atoms with Gasteiger partial charge in [0.2, 0.25) is 5.60 Å². The lowest BCUT2D eigenvalue weighted by Gasteiger charge is -2.29. The van der Waals surface area contributed by atoms with Crippen molar-refractivity contribution in [3.05, 3.63) is 45.1 Å². The van der Waals surface area contributed by atoms with Crippen molar-refractivity contribution in [2.24, 2.45) is 0 Å². The Hall–Kier alpha value is -3.80. The Kier molecular flexibility index (Phi) is 10.2. The molecular formula is C29H38N2O9S. The summed E-state index contributed by atoms with van der Waals surface area (Å²) in [6.45, 7) is 9.46. The maximum absolute atomic E-state index is 12.9. The Balaban J connectivity index is 1.64. The minimum atomic E-state index is -1.47. The third-order valence-electron chi connectivity index (χ3n) is 6.64. The van der Waals surface area contributed by atoms with E-state index < -0.39 is 29.7 Å². The van der Waals surface area contributed by atoms with Crippen LogP contribution in [-0.4, -0.2) is 70.0 Å². The largest absolute Gasteiger partial charge is 0.479 e. The van der Waals surface area contributed by atoms with Crippen LogP contribution in [0.15, 0.2) is 24.3 Å². The zero-order valence-electron chi connectivity index (χ0n) is 24.1. The van der Waals surface area contributed by atoms with E-state index in [9.17, 15) is 24.3 Å². The number of carbonyl (C=O) groups is 4. The number of thiophene rings is 1. The predicted octanol–water partition coefficient (Wildman–Crippen LogP) is 4.50. The lowest BCUT2D eigenvalue weighted by Crippen LogP contribution is -2.43. The van der Waals surface area contributed by atoms with Gasteiger partial charge >= 0.3 is 18.0 Å². The van der Waals surface area contributed by atoms with Gasteiger partial charge in [0.25, 0.3) is 5.91 Å². The summed E-state index contributed by atoms with van der Waals surface area (Å²) in [4.78, 5) is 51.6. The molecule has 11 nitrogen and oxygen atoms in total. The first-order valence-electron chi connectivity index (χ1n) is 13.5. The number of carbonyl (C=O) groups excluding carboxylic acids is 2. The Bertz CT molecular complexity index is 1280. The molecule has 1 aromatic carbocycles. The van der Waals surface area contributed by atoms with Crippen LogP contribution in [0.4, 0.5) is 4.79 Å². The molecule has 2 heterocycles. The molecule has 3 N–H and O–H groups in total. The fourth-order valence-electron chi connectivity index (χ4n) is 4.33. The number of hydrogen-bond acceptors (Lipinski definition) is 8. The molecular weight excluding hydrogens is 552 g/mol. The van der Waals surface area contributed by atoms with Crippen LogP contribution in [0.25, 0.3) is 0 Å². The second-order valence-electron chi connectivity index (χ2n) is 10.8. The van der Waals surface area contributed by atoms with Crippen molar-refractivity contribution in [3.63, 3.8) is 0 Å². The van der Waals surface area contributed by atoms with E-state index in [-0.39, 0.29) is 36.3 Å². The van der Waals surface area contributed by atoms with Crippen LogP contribution in [-0.2, 0) is 33.7 Å². The van der Waals surface area contributed by atoms with Crippen LogP contribution in [0.3, 0.4) is 0 Å². The van der Waals surface area contributed by atoms with Crippen LogP contribution in [0.1, 0.15) is 73.1 Å². The lowest BCUT2D eigenvalue weighted by atomic mass is 9.97. The number of rotatable bonds is 12. The normalized spacial score (nSPS) is 13.2. The molecule has 41 heavy (non-hydrogen) atoms. The molecule has 2 amide bonds. The van der Waals surface area contributed by atoms with E-state index in [0.29, 0.717) is 37.4 Å². The van der Waals surface area contributed by atoms with Gasteiger partial charge in [0, 0.05) is 18.0 Å². The van der Waals surface area contributed by atoms with Crippen molar-refractivity contribution in [1.29, 1.82) is 0 Å². The molecule has 0 bridgehead atoms. The second kappa shape index (κ2) is 13.2. The van der Waals surface area contributed by atoms with Gasteiger partial charge in [0.05, 0.1) is 11.4 Å². The minimum absolute atomic E-state index is 0.115. The lowest BCUT2D eigenvalue weighted by molar-refractivity contribution is -0.156. The summed E-state index contributed by atoms with van der Waals surface area (Å²) >= 11 is 1.41. The van der Waals surface area contributed by atoms with Crippen LogP contribution >= 0.6 is 11.3 Å². The standard InChI is InChI=1S/C29H38N2O9S/c1-6-29(7-2,26(35)36)39-20-9-8-18(14-21(20)38-17-24(32)33)10-12-30-25(34)23-15-19-16-31(13-11-22(19)41-23)27(37)40-28(3,4)5/h8-9,14-15H,6-7,10-13,16-17H2,1-5H3,(H,30,34)(H,32,33)(H,35,36). The van der Waals surface area contributed by atoms with E-state index in [1.807, 2.05) is 26.8 Å². The van der Waals surface area contributed by atoms with E-state index in [0.717, 1.165) is 16.0 Å². The molecule has 1 aromatic heterocycles. The molecule has 0 unspecified atom stereocenters. The van der Waals surface area contributed by atoms with Crippen molar-refractivity contribution in [2.45, 2.75) is 78.0 Å². The maximum Gasteiger partial charge on any atom is 0.410 e. The van der Waals surface area contributed by atoms with E-state index in [4.69, 9.17) is 19.3 Å². The van der Waals surface area contributed by atoms with E-state index in [1.165, 1.54) is 11.3 Å². The number of nitrogens with zero attached hydrogens (tertiary/aromatic N) is 1. The molecule has 0 atom stereocenters. The molecule has 1 aliphatic heterocycles. The molecule has 2 aromatic rings. The van der Waals surface area contributed by atoms with Gasteiger partial charge in [0.1, 0.15) is 5.60 Å². The highest BCUT2D eigenvalue weighted by molar-refractivity contribution is 7.14. The Morgan fingerprint density at radius 3 is 2.37 bits per heavy atom. The summed E-state index contributed by atoms with van der Waals surface area (Å²) in [7, 11) is 0. The first-order valence-corrected chi connectivity index (χ1v) is 14.4. The zero-order valence-corrected chi connectivity index (χ0v) is 24.9. The van der Waals surface area contributed by atoms with Crippen molar-refractivity contribution in [1.82, 2.24) is 10.2 Å². The summed E-state index contributed by atoms with van der Waals surface area (Å²) in [5.74, 6) is -2.28. The summed E-state index contributed by atoms with van der Waals surface area (Å²) in [5.41, 5.74) is -0.377. The summed E-state index contributed by atoms with van der Waals surface area (Å²) in [6, 6.07) is 6.69. The Labute approximate surface area is 243 Å². The fourth-order valence-corrected chi connectivity index (χ4v) is 5.41.